The zero-order chi connectivity index (χ0) is 14.5. The normalized spacial score (nSPS) is 22.4. The highest BCUT2D eigenvalue weighted by atomic mass is 19.4. The first-order valence-corrected chi connectivity index (χ1v) is 5.19. The SMILES string of the molecule is C=C1C(C(F)(F)C(F)(F)F)C(C(C)C)=C(F)N1C. The molecule has 1 atom stereocenters. The minimum Gasteiger partial charge on any atom is -0.325 e. The lowest BCUT2D eigenvalue weighted by Crippen LogP contribution is -2.45. The van der Waals surface area contributed by atoms with Crippen molar-refractivity contribution >= 4 is 0 Å². The van der Waals surface area contributed by atoms with E-state index in [2.05, 4.69) is 6.58 Å². The third kappa shape index (κ3) is 1.99. The van der Waals surface area contributed by atoms with Crippen LogP contribution in [0.4, 0.5) is 26.3 Å². The van der Waals surface area contributed by atoms with Gasteiger partial charge in [0.05, 0.1) is 5.92 Å². The number of alkyl halides is 5. The first-order valence-electron chi connectivity index (χ1n) is 5.19. The fourth-order valence-electron chi connectivity index (χ4n) is 1.95. The Balaban J connectivity index is 3.36. The lowest BCUT2D eigenvalue weighted by molar-refractivity contribution is -0.294. The molecule has 0 saturated carbocycles. The molecule has 0 fully saturated rings. The van der Waals surface area contributed by atoms with Crippen molar-refractivity contribution in [2.45, 2.75) is 25.9 Å². The van der Waals surface area contributed by atoms with Crippen LogP contribution in [-0.4, -0.2) is 24.0 Å². The molecule has 1 heterocycles. The van der Waals surface area contributed by atoms with E-state index in [0.29, 0.717) is 4.90 Å². The van der Waals surface area contributed by atoms with Crippen molar-refractivity contribution in [2.75, 3.05) is 7.05 Å². The zero-order valence-corrected chi connectivity index (χ0v) is 10.1. The Morgan fingerprint density at radius 3 is 1.94 bits per heavy atom. The molecule has 0 aromatic carbocycles. The maximum Gasteiger partial charge on any atom is 0.454 e. The van der Waals surface area contributed by atoms with E-state index < -0.39 is 41.2 Å². The molecular formula is C11H13F6N. The summed E-state index contributed by atoms with van der Waals surface area (Å²) in [5, 5.41) is 0. The largest absolute Gasteiger partial charge is 0.454 e. The number of rotatable bonds is 2. The molecule has 104 valence electrons. The molecule has 0 aromatic heterocycles. The van der Waals surface area contributed by atoms with Gasteiger partial charge >= 0.3 is 12.1 Å². The van der Waals surface area contributed by atoms with Gasteiger partial charge < -0.3 is 4.90 Å². The van der Waals surface area contributed by atoms with Gasteiger partial charge in [0.2, 0.25) is 0 Å². The van der Waals surface area contributed by atoms with Crippen LogP contribution in [-0.2, 0) is 0 Å². The van der Waals surface area contributed by atoms with Crippen molar-refractivity contribution in [3.05, 3.63) is 23.8 Å². The molecule has 0 radical (unpaired) electrons. The number of hydrogen-bond donors (Lipinski definition) is 0. The number of halogens is 6. The second-order valence-electron chi connectivity index (χ2n) is 4.50. The molecule has 1 unspecified atom stereocenters. The summed E-state index contributed by atoms with van der Waals surface area (Å²) in [7, 11) is 1.08. The van der Waals surface area contributed by atoms with Gasteiger partial charge in [-0.1, -0.05) is 20.4 Å². The van der Waals surface area contributed by atoms with Crippen LogP contribution in [0.1, 0.15) is 13.8 Å². The van der Waals surface area contributed by atoms with Crippen LogP contribution in [0.5, 0.6) is 0 Å². The minimum absolute atomic E-state index is 0.565. The van der Waals surface area contributed by atoms with Crippen molar-refractivity contribution in [3.63, 3.8) is 0 Å². The molecule has 0 spiro atoms. The van der Waals surface area contributed by atoms with Crippen LogP contribution in [0.25, 0.3) is 0 Å². The molecule has 0 bridgehead atoms. The summed E-state index contributed by atoms with van der Waals surface area (Å²) < 4.78 is 77.7. The quantitative estimate of drug-likeness (QED) is 0.541. The predicted molar refractivity (Wildman–Crippen MR) is 54.4 cm³/mol. The highest BCUT2D eigenvalue weighted by Gasteiger charge is 2.66. The fraction of sp³-hybridized carbons (Fsp3) is 0.636. The predicted octanol–water partition coefficient (Wildman–Crippen LogP) is 4.10. The summed E-state index contributed by atoms with van der Waals surface area (Å²) in [5.41, 5.74) is -1.15. The van der Waals surface area contributed by atoms with Crippen molar-refractivity contribution in [2.24, 2.45) is 11.8 Å². The Labute approximate surface area is 101 Å². The Morgan fingerprint density at radius 1 is 1.17 bits per heavy atom. The number of allylic oxidation sites excluding steroid dienone is 1. The lowest BCUT2D eigenvalue weighted by atomic mass is 9.85. The standard InChI is InChI=1S/C11H13F6N/c1-5(2)7-8(6(3)18(4)9(7)12)10(13,14)11(15,16)17/h5,8H,3H2,1-2,4H3. The van der Waals surface area contributed by atoms with Crippen molar-refractivity contribution in [1.82, 2.24) is 4.90 Å². The molecule has 1 aliphatic rings. The molecular weight excluding hydrogens is 260 g/mol. The van der Waals surface area contributed by atoms with E-state index in [9.17, 15) is 26.3 Å². The van der Waals surface area contributed by atoms with Crippen molar-refractivity contribution in [1.29, 1.82) is 0 Å². The second kappa shape index (κ2) is 4.20. The van der Waals surface area contributed by atoms with E-state index in [0.717, 1.165) is 7.05 Å². The lowest BCUT2D eigenvalue weighted by Gasteiger charge is -2.29. The molecule has 0 aromatic rings. The summed E-state index contributed by atoms with van der Waals surface area (Å²) in [6, 6.07) is 0. The van der Waals surface area contributed by atoms with Gasteiger partial charge in [-0.3, -0.25) is 0 Å². The first kappa shape index (κ1) is 14.9. The van der Waals surface area contributed by atoms with E-state index in [1.165, 1.54) is 13.8 Å². The highest BCUT2D eigenvalue weighted by molar-refractivity contribution is 5.35. The highest BCUT2D eigenvalue weighted by Crippen LogP contribution is 2.53. The Morgan fingerprint density at radius 2 is 1.61 bits per heavy atom. The molecule has 0 amide bonds. The molecule has 0 aliphatic carbocycles. The van der Waals surface area contributed by atoms with Crippen molar-refractivity contribution < 1.29 is 26.3 Å². The third-order valence-corrected chi connectivity index (χ3v) is 2.97. The Kier molecular flexibility index (Phi) is 3.49. The molecule has 1 nitrogen and oxygen atoms in total. The van der Waals surface area contributed by atoms with Crippen LogP contribution in [0.3, 0.4) is 0 Å². The van der Waals surface area contributed by atoms with Gasteiger partial charge in [-0.2, -0.15) is 26.3 Å². The molecule has 1 rings (SSSR count). The number of nitrogens with zero attached hydrogens (tertiary/aromatic N) is 1. The monoisotopic (exact) mass is 273 g/mol. The van der Waals surface area contributed by atoms with Gasteiger partial charge in [0.15, 0.2) is 5.95 Å². The summed E-state index contributed by atoms with van der Waals surface area (Å²) >= 11 is 0. The number of hydrogen-bond acceptors (Lipinski definition) is 1. The smallest absolute Gasteiger partial charge is 0.325 e. The van der Waals surface area contributed by atoms with Crippen molar-refractivity contribution in [3.8, 4) is 0 Å². The van der Waals surface area contributed by atoms with Crippen LogP contribution < -0.4 is 0 Å². The van der Waals surface area contributed by atoms with E-state index in [1.807, 2.05) is 0 Å². The average Bonchev–Trinajstić information content (AvgIpc) is 2.41. The Hall–Kier alpha value is -1.14. The molecule has 0 saturated heterocycles. The topological polar surface area (TPSA) is 3.24 Å². The molecule has 18 heavy (non-hydrogen) atoms. The third-order valence-electron chi connectivity index (χ3n) is 2.97. The minimum atomic E-state index is -5.74. The zero-order valence-electron chi connectivity index (χ0n) is 10.1. The van der Waals surface area contributed by atoms with Gasteiger partial charge in [0, 0.05) is 18.3 Å². The summed E-state index contributed by atoms with van der Waals surface area (Å²) in [5.74, 6) is -9.26. The first-order chi connectivity index (χ1) is 7.93. The Bertz CT molecular complexity index is 393. The summed E-state index contributed by atoms with van der Waals surface area (Å²) in [6.07, 6.45) is -5.74. The van der Waals surface area contributed by atoms with E-state index in [4.69, 9.17) is 0 Å². The molecule has 7 heteroatoms. The fourth-order valence-corrected chi connectivity index (χ4v) is 1.95. The van der Waals surface area contributed by atoms with E-state index >= 15 is 0 Å². The van der Waals surface area contributed by atoms with Gasteiger partial charge in [0.1, 0.15) is 0 Å². The molecule has 1 aliphatic heterocycles. The maximum absolute atomic E-state index is 13.7. The average molecular weight is 273 g/mol. The summed E-state index contributed by atoms with van der Waals surface area (Å²) in [4.78, 5) is 0.639. The second-order valence-corrected chi connectivity index (χ2v) is 4.50. The van der Waals surface area contributed by atoms with Gasteiger partial charge in [-0.25, -0.2) is 0 Å². The van der Waals surface area contributed by atoms with Crippen LogP contribution >= 0.6 is 0 Å². The van der Waals surface area contributed by atoms with Gasteiger partial charge in [-0.05, 0) is 5.92 Å². The maximum atomic E-state index is 13.7. The van der Waals surface area contributed by atoms with E-state index in [-0.39, 0.29) is 0 Å². The molecule has 0 N–H and O–H groups in total. The van der Waals surface area contributed by atoms with Crippen LogP contribution in [0.15, 0.2) is 23.8 Å². The van der Waals surface area contributed by atoms with E-state index in [1.54, 1.807) is 0 Å². The van der Waals surface area contributed by atoms with Crippen LogP contribution in [0, 0.1) is 11.8 Å². The summed E-state index contributed by atoms with van der Waals surface area (Å²) in [6.45, 7) is 5.87. The van der Waals surface area contributed by atoms with Gasteiger partial charge in [-0.15, -0.1) is 0 Å². The van der Waals surface area contributed by atoms with Crippen LogP contribution in [0.2, 0.25) is 0 Å². The van der Waals surface area contributed by atoms with Gasteiger partial charge in [0.25, 0.3) is 0 Å².